The summed E-state index contributed by atoms with van der Waals surface area (Å²) in [5, 5.41) is 0.870. The van der Waals surface area contributed by atoms with Gasteiger partial charge in [-0.1, -0.05) is 24.3 Å². The number of aromatic nitrogens is 3. The van der Waals surface area contributed by atoms with E-state index in [0.717, 1.165) is 11.8 Å². The minimum atomic E-state index is 0.437. The molecular weight excluding hydrogens is 274 g/mol. The van der Waals surface area contributed by atoms with Crippen LogP contribution >= 0.6 is 0 Å². The van der Waals surface area contributed by atoms with E-state index >= 15 is 0 Å². The van der Waals surface area contributed by atoms with E-state index in [1.807, 2.05) is 12.1 Å². The quantitative estimate of drug-likeness (QED) is 0.740. The summed E-state index contributed by atoms with van der Waals surface area (Å²) in [5.74, 6) is 1.06. The van der Waals surface area contributed by atoms with Gasteiger partial charge in [-0.2, -0.15) is 0 Å². The number of ether oxygens (including phenoxy) is 1. The van der Waals surface area contributed by atoms with Crippen molar-refractivity contribution >= 4 is 11.0 Å². The molecule has 4 heteroatoms. The smallest absolute Gasteiger partial charge is 0.226 e. The van der Waals surface area contributed by atoms with Crippen LogP contribution in [-0.4, -0.2) is 21.6 Å². The van der Waals surface area contributed by atoms with Crippen LogP contribution in [0, 0.1) is 0 Å². The van der Waals surface area contributed by atoms with Gasteiger partial charge in [0.05, 0.1) is 12.0 Å². The fourth-order valence-corrected chi connectivity index (χ4v) is 3.19. The molecule has 0 bridgehead atoms. The van der Waals surface area contributed by atoms with Crippen molar-refractivity contribution in [2.75, 3.05) is 6.61 Å². The molecule has 1 aliphatic rings. The van der Waals surface area contributed by atoms with Gasteiger partial charge in [0, 0.05) is 12.1 Å². The second-order valence-electron chi connectivity index (χ2n) is 5.65. The molecule has 0 amide bonds. The molecule has 110 valence electrons. The standard InChI is InChI=1S/C18H17N3O/c1-2-8-15-13(5-1)6-3-7-14(15)11-22-18-16-9-4-10-19-17(16)20-12-21-18/h1-2,4-5,8-10,12,14H,3,6-7,11H2. The minimum Gasteiger partial charge on any atom is -0.476 e. The molecule has 0 saturated heterocycles. The lowest BCUT2D eigenvalue weighted by Crippen LogP contribution is -2.17. The van der Waals surface area contributed by atoms with Gasteiger partial charge in [-0.25, -0.2) is 15.0 Å². The van der Waals surface area contributed by atoms with Gasteiger partial charge in [-0.3, -0.25) is 0 Å². The van der Waals surface area contributed by atoms with Crippen molar-refractivity contribution in [1.82, 2.24) is 15.0 Å². The Bertz CT molecular complexity index is 798. The second-order valence-corrected chi connectivity index (χ2v) is 5.65. The Balaban J connectivity index is 1.58. The molecule has 22 heavy (non-hydrogen) atoms. The van der Waals surface area contributed by atoms with Gasteiger partial charge in [0.15, 0.2) is 5.65 Å². The lowest BCUT2D eigenvalue weighted by Gasteiger charge is -2.25. The van der Waals surface area contributed by atoms with Crippen LogP contribution in [0.2, 0.25) is 0 Å². The number of rotatable bonds is 3. The first-order valence-electron chi connectivity index (χ1n) is 7.68. The molecular formula is C18H17N3O. The Morgan fingerprint density at radius 3 is 3.00 bits per heavy atom. The summed E-state index contributed by atoms with van der Waals surface area (Å²) in [6.07, 6.45) is 6.80. The molecule has 2 heterocycles. The topological polar surface area (TPSA) is 47.9 Å². The summed E-state index contributed by atoms with van der Waals surface area (Å²) in [4.78, 5) is 12.7. The SMILES string of the molecule is c1ccc2c(c1)CCCC2COc1ncnc2ncccc12. The molecule has 4 nitrogen and oxygen atoms in total. The van der Waals surface area contributed by atoms with Gasteiger partial charge in [0.25, 0.3) is 0 Å². The Labute approximate surface area is 129 Å². The van der Waals surface area contributed by atoms with E-state index in [1.54, 1.807) is 6.20 Å². The first kappa shape index (κ1) is 13.2. The van der Waals surface area contributed by atoms with Crippen molar-refractivity contribution in [3.05, 3.63) is 60.0 Å². The molecule has 0 spiro atoms. The predicted octanol–water partition coefficient (Wildman–Crippen LogP) is 3.52. The van der Waals surface area contributed by atoms with Crippen LogP contribution in [0.1, 0.15) is 29.9 Å². The van der Waals surface area contributed by atoms with E-state index in [1.165, 1.54) is 30.3 Å². The van der Waals surface area contributed by atoms with Crippen LogP contribution in [0.5, 0.6) is 5.88 Å². The molecule has 1 unspecified atom stereocenters. The highest BCUT2D eigenvalue weighted by Crippen LogP contribution is 2.32. The summed E-state index contributed by atoms with van der Waals surface area (Å²) < 4.78 is 6.02. The van der Waals surface area contributed by atoms with Gasteiger partial charge in [0.1, 0.15) is 6.33 Å². The van der Waals surface area contributed by atoms with Crippen LogP contribution in [0.25, 0.3) is 11.0 Å². The summed E-state index contributed by atoms with van der Waals surface area (Å²) in [7, 11) is 0. The number of hydrogen-bond donors (Lipinski definition) is 0. The number of fused-ring (bicyclic) bond motifs is 2. The van der Waals surface area contributed by atoms with Crippen molar-refractivity contribution in [3.8, 4) is 5.88 Å². The monoisotopic (exact) mass is 291 g/mol. The maximum atomic E-state index is 6.02. The molecule has 0 fully saturated rings. The van der Waals surface area contributed by atoms with Crippen LogP contribution in [0.3, 0.4) is 0 Å². The summed E-state index contributed by atoms with van der Waals surface area (Å²) >= 11 is 0. The molecule has 1 aromatic carbocycles. The molecule has 1 aliphatic carbocycles. The third-order valence-corrected chi connectivity index (χ3v) is 4.29. The van der Waals surface area contributed by atoms with E-state index in [4.69, 9.17) is 4.74 Å². The Morgan fingerprint density at radius 1 is 1.05 bits per heavy atom. The number of hydrogen-bond acceptors (Lipinski definition) is 4. The van der Waals surface area contributed by atoms with Gasteiger partial charge < -0.3 is 4.74 Å². The highest BCUT2D eigenvalue weighted by molar-refractivity contribution is 5.79. The van der Waals surface area contributed by atoms with Gasteiger partial charge in [-0.05, 0) is 42.5 Å². The van der Waals surface area contributed by atoms with Crippen molar-refractivity contribution in [1.29, 1.82) is 0 Å². The lowest BCUT2D eigenvalue weighted by atomic mass is 9.83. The third-order valence-electron chi connectivity index (χ3n) is 4.29. The number of nitrogens with zero attached hydrogens (tertiary/aromatic N) is 3. The zero-order valence-corrected chi connectivity index (χ0v) is 12.3. The first-order chi connectivity index (χ1) is 10.9. The van der Waals surface area contributed by atoms with Gasteiger partial charge in [-0.15, -0.1) is 0 Å². The highest BCUT2D eigenvalue weighted by atomic mass is 16.5. The second kappa shape index (κ2) is 5.72. The molecule has 2 aromatic heterocycles. The average Bonchev–Trinajstić information content (AvgIpc) is 2.60. The largest absolute Gasteiger partial charge is 0.476 e. The third kappa shape index (κ3) is 2.41. The van der Waals surface area contributed by atoms with Crippen molar-refractivity contribution in [2.24, 2.45) is 0 Å². The zero-order valence-electron chi connectivity index (χ0n) is 12.3. The fraction of sp³-hybridized carbons (Fsp3) is 0.278. The Hall–Kier alpha value is -2.49. The van der Waals surface area contributed by atoms with Gasteiger partial charge in [0.2, 0.25) is 5.88 Å². The van der Waals surface area contributed by atoms with Gasteiger partial charge >= 0.3 is 0 Å². The predicted molar refractivity (Wildman–Crippen MR) is 84.9 cm³/mol. The van der Waals surface area contributed by atoms with Crippen molar-refractivity contribution in [2.45, 2.75) is 25.2 Å². The number of benzene rings is 1. The maximum absolute atomic E-state index is 6.02. The van der Waals surface area contributed by atoms with Crippen molar-refractivity contribution < 1.29 is 4.74 Å². The minimum absolute atomic E-state index is 0.437. The zero-order chi connectivity index (χ0) is 14.8. The summed E-state index contributed by atoms with van der Waals surface area (Å²) in [5.41, 5.74) is 3.55. The molecule has 0 aliphatic heterocycles. The molecule has 1 atom stereocenters. The van der Waals surface area contributed by atoms with E-state index in [0.29, 0.717) is 24.1 Å². The van der Waals surface area contributed by atoms with Crippen molar-refractivity contribution in [3.63, 3.8) is 0 Å². The molecule has 4 rings (SSSR count). The number of aryl methyl sites for hydroxylation is 1. The van der Waals surface area contributed by atoms with Crippen LogP contribution < -0.4 is 4.74 Å². The highest BCUT2D eigenvalue weighted by Gasteiger charge is 2.20. The maximum Gasteiger partial charge on any atom is 0.226 e. The van der Waals surface area contributed by atoms with E-state index in [-0.39, 0.29) is 0 Å². The Morgan fingerprint density at radius 2 is 2.00 bits per heavy atom. The van der Waals surface area contributed by atoms with E-state index < -0.39 is 0 Å². The molecule has 0 radical (unpaired) electrons. The lowest BCUT2D eigenvalue weighted by molar-refractivity contribution is 0.268. The molecule has 0 N–H and O–H groups in total. The molecule has 3 aromatic rings. The Kier molecular flexibility index (Phi) is 3.43. The average molecular weight is 291 g/mol. The summed E-state index contributed by atoms with van der Waals surface area (Å²) in [6, 6.07) is 12.5. The normalized spacial score (nSPS) is 17.2. The van der Waals surface area contributed by atoms with E-state index in [2.05, 4.69) is 39.2 Å². The fourth-order valence-electron chi connectivity index (χ4n) is 3.19. The summed E-state index contributed by atoms with van der Waals surface area (Å²) in [6.45, 7) is 0.651. The van der Waals surface area contributed by atoms with Crippen LogP contribution in [-0.2, 0) is 6.42 Å². The first-order valence-corrected chi connectivity index (χ1v) is 7.68. The molecule has 0 saturated carbocycles. The van der Waals surface area contributed by atoms with E-state index in [9.17, 15) is 0 Å². The number of pyridine rings is 1. The van der Waals surface area contributed by atoms with Crippen LogP contribution in [0.4, 0.5) is 0 Å². The van der Waals surface area contributed by atoms with Crippen LogP contribution in [0.15, 0.2) is 48.9 Å².